The second kappa shape index (κ2) is 5.35. The van der Waals surface area contributed by atoms with E-state index in [0.717, 1.165) is 0 Å². The molecule has 1 saturated heterocycles. The molecule has 1 aromatic carbocycles. The van der Waals surface area contributed by atoms with E-state index in [9.17, 15) is 9.90 Å². The SMILES string of the molecule is CCOC(=O)c1ccc(O)cc1B1OC(C)(C)C(C)(C)O1. The summed E-state index contributed by atoms with van der Waals surface area (Å²) < 4.78 is 16.9. The van der Waals surface area contributed by atoms with Gasteiger partial charge in [-0.3, -0.25) is 0 Å². The third-order valence-corrected chi connectivity index (χ3v) is 4.04. The van der Waals surface area contributed by atoms with E-state index >= 15 is 0 Å². The normalized spacial score (nSPS) is 19.6. The van der Waals surface area contributed by atoms with E-state index in [1.54, 1.807) is 6.92 Å². The van der Waals surface area contributed by atoms with Crippen LogP contribution in [0.25, 0.3) is 0 Å². The van der Waals surface area contributed by atoms with Gasteiger partial charge in [0, 0.05) is 5.46 Å². The Morgan fingerprint density at radius 1 is 1.24 bits per heavy atom. The number of benzene rings is 1. The van der Waals surface area contributed by atoms with Gasteiger partial charge in [0.2, 0.25) is 0 Å². The lowest BCUT2D eigenvalue weighted by atomic mass is 9.75. The van der Waals surface area contributed by atoms with Crippen molar-refractivity contribution in [2.75, 3.05) is 6.61 Å². The highest BCUT2D eigenvalue weighted by Crippen LogP contribution is 2.36. The van der Waals surface area contributed by atoms with Crippen LogP contribution >= 0.6 is 0 Å². The molecule has 114 valence electrons. The summed E-state index contributed by atoms with van der Waals surface area (Å²) in [7, 11) is -0.721. The topological polar surface area (TPSA) is 65.0 Å². The predicted octanol–water partition coefficient (Wildman–Crippen LogP) is 1.87. The summed E-state index contributed by atoms with van der Waals surface area (Å²) in [5, 5.41) is 9.71. The average molecular weight is 292 g/mol. The van der Waals surface area contributed by atoms with Crippen molar-refractivity contribution < 1.29 is 23.9 Å². The number of ether oxygens (including phenoxy) is 1. The molecule has 5 nitrogen and oxygen atoms in total. The van der Waals surface area contributed by atoms with Crippen molar-refractivity contribution in [1.82, 2.24) is 0 Å². The molecule has 1 fully saturated rings. The maximum Gasteiger partial charge on any atom is 0.495 e. The molecule has 1 heterocycles. The van der Waals surface area contributed by atoms with Crippen LogP contribution in [0.15, 0.2) is 18.2 Å². The third kappa shape index (κ3) is 2.92. The Labute approximate surface area is 125 Å². The van der Waals surface area contributed by atoms with E-state index in [1.807, 2.05) is 27.7 Å². The summed E-state index contributed by atoms with van der Waals surface area (Å²) >= 11 is 0. The largest absolute Gasteiger partial charge is 0.508 e. The van der Waals surface area contributed by atoms with Crippen LogP contribution < -0.4 is 5.46 Å². The molecule has 1 N–H and O–H groups in total. The number of esters is 1. The molecule has 0 radical (unpaired) electrons. The quantitative estimate of drug-likeness (QED) is 0.680. The van der Waals surface area contributed by atoms with Crippen molar-refractivity contribution in [3.63, 3.8) is 0 Å². The fraction of sp³-hybridized carbons (Fsp3) is 0.533. The van der Waals surface area contributed by atoms with Crippen LogP contribution in [0.3, 0.4) is 0 Å². The molecular formula is C15H21BO5. The highest BCUT2D eigenvalue weighted by atomic mass is 16.7. The fourth-order valence-corrected chi connectivity index (χ4v) is 2.11. The average Bonchev–Trinajstić information content (AvgIpc) is 2.58. The molecule has 0 aromatic heterocycles. The number of carbonyl (C=O) groups is 1. The Morgan fingerprint density at radius 3 is 2.33 bits per heavy atom. The minimum Gasteiger partial charge on any atom is -0.508 e. The van der Waals surface area contributed by atoms with E-state index in [4.69, 9.17) is 14.0 Å². The lowest BCUT2D eigenvalue weighted by Crippen LogP contribution is -2.41. The molecule has 2 rings (SSSR count). The van der Waals surface area contributed by atoms with E-state index in [2.05, 4.69) is 0 Å². The van der Waals surface area contributed by atoms with Gasteiger partial charge in [-0.15, -0.1) is 0 Å². The van der Waals surface area contributed by atoms with Gasteiger partial charge in [0.15, 0.2) is 0 Å². The van der Waals surface area contributed by atoms with Gasteiger partial charge in [0.25, 0.3) is 0 Å². The summed E-state index contributed by atoms with van der Waals surface area (Å²) in [6, 6.07) is 4.45. The summed E-state index contributed by atoms with van der Waals surface area (Å²) in [6.45, 7) is 9.74. The first-order valence-electron chi connectivity index (χ1n) is 7.03. The van der Waals surface area contributed by atoms with Gasteiger partial charge in [-0.05, 0) is 52.8 Å². The van der Waals surface area contributed by atoms with Crippen molar-refractivity contribution in [2.24, 2.45) is 0 Å². The molecule has 1 aliphatic heterocycles. The molecule has 0 aliphatic carbocycles. The first-order chi connectivity index (χ1) is 9.68. The molecule has 0 bridgehead atoms. The Morgan fingerprint density at radius 2 is 1.81 bits per heavy atom. The molecule has 0 spiro atoms. The van der Waals surface area contributed by atoms with Crippen LogP contribution in [0.5, 0.6) is 5.75 Å². The zero-order chi connectivity index (χ0) is 15.8. The van der Waals surface area contributed by atoms with Gasteiger partial charge in [-0.25, -0.2) is 4.79 Å². The number of phenolic OH excluding ortho intramolecular Hbond substituents is 1. The molecule has 0 unspecified atom stereocenters. The number of hydrogen-bond acceptors (Lipinski definition) is 5. The summed E-state index contributed by atoms with van der Waals surface area (Å²) in [6.07, 6.45) is 0. The Balaban J connectivity index is 2.40. The van der Waals surface area contributed by atoms with Gasteiger partial charge in [-0.2, -0.15) is 0 Å². The van der Waals surface area contributed by atoms with Crippen LogP contribution in [0.2, 0.25) is 0 Å². The highest BCUT2D eigenvalue weighted by Gasteiger charge is 2.52. The van der Waals surface area contributed by atoms with Crippen LogP contribution in [-0.2, 0) is 14.0 Å². The summed E-state index contributed by atoms with van der Waals surface area (Å²) in [4.78, 5) is 12.0. The lowest BCUT2D eigenvalue weighted by Gasteiger charge is -2.32. The number of hydrogen-bond donors (Lipinski definition) is 1. The zero-order valence-electron chi connectivity index (χ0n) is 13.1. The molecule has 1 aromatic rings. The molecule has 21 heavy (non-hydrogen) atoms. The van der Waals surface area contributed by atoms with Crippen molar-refractivity contribution in [3.05, 3.63) is 23.8 Å². The Hall–Kier alpha value is -1.53. The molecule has 1 aliphatic rings. The van der Waals surface area contributed by atoms with Gasteiger partial charge in [0.05, 0.1) is 23.4 Å². The summed E-state index contributed by atoms with van der Waals surface area (Å²) in [5.41, 5.74) is -0.218. The van der Waals surface area contributed by atoms with Gasteiger partial charge in [-0.1, -0.05) is 0 Å². The van der Waals surface area contributed by atoms with E-state index in [0.29, 0.717) is 11.0 Å². The highest BCUT2D eigenvalue weighted by molar-refractivity contribution is 6.63. The number of aromatic hydroxyl groups is 1. The standard InChI is InChI=1S/C15H21BO5/c1-6-19-13(18)11-8-7-10(17)9-12(11)16-20-14(2,3)15(4,5)21-16/h7-9,17H,6H2,1-5H3. The first-order valence-corrected chi connectivity index (χ1v) is 7.03. The molecule has 6 heteroatoms. The van der Waals surface area contributed by atoms with Crippen molar-refractivity contribution in [2.45, 2.75) is 45.8 Å². The van der Waals surface area contributed by atoms with Crippen LogP contribution in [0.4, 0.5) is 0 Å². The lowest BCUT2D eigenvalue weighted by molar-refractivity contribution is 0.00578. The third-order valence-electron chi connectivity index (χ3n) is 4.04. The maximum absolute atomic E-state index is 12.0. The second-order valence-electron chi connectivity index (χ2n) is 6.08. The van der Waals surface area contributed by atoms with Crippen molar-refractivity contribution >= 4 is 18.6 Å². The van der Waals surface area contributed by atoms with E-state index in [1.165, 1.54) is 18.2 Å². The monoisotopic (exact) mass is 292 g/mol. The fourth-order valence-electron chi connectivity index (χ4n) is 2.11. The Kier molecular flexibility index (Phi) is 4.04. The van der Waals surface area contributed by atoms with Gasteiger partial charge < -0.3 is 19.2 Å². The smallest absolute Gasteiger partial charge is 0.495 e. The predicted molar refractivity (Wildman–Crippen MR) is 79.8 cm³/mol. The number of phenols is 1. The zero-order valence-corrected chi connectivity index (χ0v) is 13.1. The molecule has 0 saturated carbocycles. The number of carbonyl (C=O) groups excluding carboxylic acids is 1. The second-order valence-corrected chi connectivity index (χ2v) is 6.08. The maximum atomic E-state index is 12.0. The Bertz CT molecular complexity index is 537. The molecular weight excluding hydrogens is 271 g/mol. The van der Waals surface area contributed by atoms with Crippen LogP contribution in [0.1, 0.15) is 45.0 Å². The summed E-state index contributed by atoms with van der Waals surface area (Å²) in [5.74, 6) is -0.407. The van der Waals surface area contributed by atoms with Crippen molar-refractivity contribution in [3.8, 4) is 5.75 Å². The molecule has 0 atom stereocenters. The number of rotatable bonds is 3. The van der Waals surface area contributed by atoms with Crippen molar-refractivity contribution in [1.29, 1.82) is 0 Å². The molecule has 0 amide bonds. The van der Waals surface area contributed by atoms with E-state index < -0.39 is 24.3 Å². The minimum atomic E-state index is -0.721. The van der Waals surface area contributed by atoms with Gasteiger partial charge in [0.1, 0.15) is 5.75 Å². The van der Waals surface area contributed by atoms with Gasteiger partial charge >= 0.3 is 13.1 Å². The van der Waals surface area contributed by atoms with Crippen LogP contribution in [-0.4, -0.2) is 36.0 Å². The first kappa shape index (κ1) is 15.9. The van der Waals surface area contributed by atoms with E-state index in [-0.39, 0.29) is 12.4 Å². The van der Waals surface area contributed by atoms with Crippen LogP contribution in [0, 0.1) is 0 Å². The minimum absolute atomic E-state index is 0.0489.